The molecular formula is C12H16FNO3S2. The van der Waals surface area contributed by atoms with E-state index in [0.717, 1.165) is 25.0 Å². The van der Waals surface area contributed by atoms with E-state index in [1.165, 1.54) is 6.07 Å². The Morgan fingerprint density at radius 1 is 1.47 bits per heavy atom. The molecule has 2 N–H and O–H groups in total. The van der Waals surface area contributed by atoms with Gasteiger partial charge in [-0.2, -0.15) is 11.8 Å². The van der Waals surface area contributed by atoms with Gasteiger partial charge >= 0.3 is 0 Å². The van der Waals surface area contributed by atoms with Crippen LogP contribution < -0.4 is 4.72 Å². The Bertz CT molecular complexity index is 570. The molecule has 1 aromatic carbocycles. The van der Waals surface area contributed by atoms with E-state index >= 15 is 0 Å². The summed E-state index contributed by atoms with van der Waals surface area (Å²) in [5.41, 5.74) is 0.197. The first-order valence-corrected chi connectivity index (χ1v) is 8.57. The van der Waals surface area contributed by atoms with Crippen molar-refractivity contribution in [1.29, 1.82) is 0 Å². The molecule has 1 aliphatic rings. The lowest BCUT2D eigenvalue weighted by atomic mass is 10.2. The maximum Gasteiger partial charge on any atom is 0.241 e. The Morgan fingerprint density at radius 3 is 2.68 bits per heavy atom. The highest BCUT2D eigenvalue weighted by atomic mass is 32.2. The summed E-state index contributed by atoms with van der Waals surface area (Å²) < 4.78 is 40.0. The lowest BCUT2D eigenvalue weighted by molar-refractivity contribution is 0.278. The van der Waals surface area contributed by atoms with Crippen molar-refractivity contribution in [3.05, 3.63) is 29.6 Å². The minimum atomic E-state index is -3.79. The Balaban J connectivity index is 2.21. The molecule has 7 heteroatoms. The second kappa shape index (κ2) is 5.40. The first-order chi connectivity index (χ1) is 8.92. The molecule has 0 aliphatic heterocycles. The molecule has 1 saturated carbocycles. The molecule has 1 aromatic rings. The molecule has 0 atom stereocenters. The second-order valence-electron chi connectivity index (χ2n) is 4.62. The highest BCUT2D eigenvalue weighted by molar-refractivity contribution is 8.00. The largest absolute Gasteiger partial charge is 0.392 e. The van der Waals surface area contributed by atoms with Crippen LogP contribution in [-0.4, -0.2) is 31.1 Å². The zero-order valence-corrected chi connectivity index (χ0v) is 12.2. The molecule has 0 unspecified atom stereocenters. The van der Waals surface area contributed by atoms with E-state index in [9.17, 15) is 12.8 Å². The van der Waals surface area contributed by atoms with Gasteiger partial charge in [-0.15, -0.1) is 0 Å². The number of rotatable bonds is 6. The average molecular weight is 305 g/mol. The highest BCUT2D eigenvalue weighted by Gasteiger charge is 2.42. The molecule has 0 bridgehead atoms. The van der Waals surface area contributed by atoms with Gasteiger partial charge in [-0.25, -0.2) is 17.5 Å². The summed E-state index contributed by atoms with van der Waals surface area (Å²) in [5, 5.41) is 9.14. The number of aliphatic hydroxyl groups excluding tert-OH is 1. The van der Waals surface area contributed by atoms with Crippen molar-refractivity contribution in [2.24, 2.45) is 0 Å². The van der Waals surface area contributed by atoms with Gasteiger partial charge in [0.05, 0.1) is 11.5 Å². The monoisotopic (exact) mass is 305 g/mol. The van der Waals surface area contributed by atoms with E-state index in [1.807, 2.05) is 6.26 Å². The third kappa shape index (κ3) is 3.28. The zero-order chi connectivity index (χ0) is 14.1. The van der Waals surface area contributed by atoms with Gasteiger partial charge in [0.1, 0.15) is 5.82 Å². The number of nitrogens with one attached hydrogen (secondary N) is 1. The summed E-state index contributed by atoms with van der Waals surface area (Å²) in [6, 6.07) is 3.35. The highest BCUT2D eigenvalue weighted by Crippen LogP contribution is 2.46. The van der Waals surface area contributed by atoms with Crippen LogP contribution in [0.3, 0.4) is 0 Å². The number of hydrogen-bond donors (Lipinski definition) is 2. The van der Waals surface area contributed by atoms with Gasteiger partial charge in [0, 0.05) is 11.3 Å². The maximum absolute atomic E-state index is 13.2. The fourth-order valence-corrected chi connectivity index (χ4v) is 3.99. The molecular weight excluding hydrogens is 289 g/mol. The van der Waals surface area contributed by atoms with Crippen LogP contribution in [0, 0.1) is 5.82 Å². The lowest BCUT2D eigenvalue weighted by Gasteiger charge is -2.15. The predicted molar refractivity (Wildman–Crippen MR) is 73.0 cm³/mol. The van der Waals surface area contributed by atoms with Crippen molar-refractivity contribution in [2.45, 2.75) is 29.1 Å². The molecule has 1 aliphatic carbocycles. The predicted octanol–water partition coefficient (Wildman–Crippen LogP) is 1.49. The van der Waals surface area contributed by atoms with Gasteiger partial charge in [-0.05, 0) is 36.8 Å². The third-order valence-corrected chi connectivity index (χ3v) is 6.22. The molecule has 0 aromatic heterocycles. The summed E-state index contributed by atoms with van der Waals surface area (Å²) in [4.78, 5) is -0.188. The smallest absolute Gasteiger partial charge is 0.241 e. The minimum absolute atomic E-state index is 0.0141. The van der Waals surface area contributed by atoms with E-state index in [2.05, 4.69) is 4.72 Å². The molecule has 106 valence electrons. The van der Waals surface area contributed by atoms with Gasteiger partial charge < -0.3 is 5.11 Å². The molecule has 0 spiro atoms. The number of sulfonamides is 1. The van der Waals surface area contributed by atoms with Crippen LogP contribution in [0.25, 0.3) is 0 Å². The summed E-state index contributed by atoms with van der Waals surface area (Å²) >= 11 is 1.64. The second-order valence-corrected chi connectivity index (χ2v) is 7.63. The SMILES string of the molecule is CSC1(CNS(=O)(=O)c2cc(F)ccc2CO)CC1. The summed E-state index contributed by atoms with van der Waals surface area (Å²) in [7, 11) is -3.79. The maximum atomic E-state index is 13.2. The van der Waals surface area contributed by atoms with Crippen molar-refractivity contribution in [2.75, 3.05) is 12.8 Å². The van der Waals surface area contributed by atoms with Crippen LogP contribution in [0.2, 0.25) is 0 Å². The minimum Gasteiger partial charge on any atom is -0.392 e. The molecule has 1 fully saturated rings. The van der Waals surface area contributed by atoms with Crippen LogP contribution in [0.5, 0.6) is 0 Å². The third-order valence-electron chi connectivity index (χ3n) is 3.31. The molecule has 0 amide bonds. The van der Waals surface area contributed by atoms with Crippen LogP contribution in [0.1, 0.15) is 18.4 Å². The zero-order valence-electron chi connectivity index (χ0n) is 10.5. The van der Waals surface area contributed by atoms with Crippen molar-refractivity contribution < 1.29 is 17.9 Å². The Morgan fingerprint density at radius 2 is 2.16 bits per heavy atom. The van der Waals surface area contributed by atoms with E-state index in [-0.39, 0.29) is 15.2 Å². The number of halogens is 1. The van der Waals surface area contributed by atoms with Crippen LogP contribution in [-0.2, 0) is 16.6 Å². The summed E-state index contributed by atoms with van der Waals surface area (Å²) in [6.07, 6.45) is 3.90. The summed E-state index contributed by atoms with van der Waals surface area (Å²) in [5.74, 6) is -0.636. The van der Waals surface area contributed by atoms with E-state index in [4.69, 9.17) is 5.11 Å². The fraction of sp³-hybridized carbons (Fsp3) is 0.500. The van der Waals surface area contributed by atoms with Gasteiger partial charge in [-0.3, -0.25) is 0 Å². The molecule has 0 heterocycles. The molecule has 4 nitrogen and oxygen atoms in total. The van der Waals surface area contributed by atoms with E-state index in [1.54, 1.807) is 11.8 Å². The van der Waals surface area contributed by atoms with E-state index < -0.39 is 22.4 Å². The first-order valence-electron chi connectivity index (χ1n) is 5.86. The molecule has 0 radical (unpaired) electrons. The number of aliphatic hydroxyl groups is 1. The van der Waals surface area contributed by atoms with E-state index in [0.29, 0.717) is 6.54 Å². The number of thioether (sulfide) groups is 1. The van der Waals surface area contributed by atoms with Crippen LogP contribution in [0.15, 0.2) is 23.1 Å². The van der Waals surface area contributed by atoms with Crippen molar-refractivity contribution in [3.63, 3.8) is 0 Å². The van der Waals surface area contributed by atoms with Crippen LogP contribution >= 0.6 is 11.8 Å². The molecule has 19 heavy (non-hydrogen) atoms. The Kier molecular flexibility index (Phi) is 4.20. The fourth-order valence-electron chi connectivity index (χ4n) is 1.81. The first kappa shape index (κ1) is 14.8. The van der Waals surface area contributed by atoms with Crippen molar-refractivity contribution in [1.82, 2.24) is 4.72 Å². The normalized spacial score (nSPS) is 17.4. The van der Waals surface area contributed by atoms with Crippen molar-refractivity contribution >= 4 is 21.8 Å². The lowest BCUT2D eigenvalue weighted by Crippen LogP contribution is -2.32. The number of hydrogen-bond acceptors (Lipinski definition) is 4. The van der Waals surface area contributed by atoms with Gasteiger partial charge in [0.25, 0.3) is 0 Å². The van der Waals surface area contributed by atoms with Crippen molar-refractivity contribution in [3.8, 4) is 0 Å². The van der Waals surface area contributed by atoms with Crippen LogP contribution in [0.4, 0.5) is 4.39 Å². The molecule has 2 rings (SSSR count). The number of benzene rings is 1. The average Bonchev–Trinajstić information content (AvgIpc) is 3.17. The quantitative estimate of drug-likeness (QED) is 0.836. The summed E-state index contributed by atoms with van der Waals surface area (Å²) in [6.45, 7) is -0.109. The van der Waals surface area contributed by atoms with Gasteiger partial charge in [0.15, 0.2) is 0 Å². The topological polar surface area (TPSA) is 66.4 Å². The van der Waals surface area contributed by atoms with Gasteiger partial charge in [0.2, 0.25) is 10.0 Å². The Labute approximate surface area is 116 Å². The molecule has 0 saturated heterocycles. The van der Waals surface area contributed by atoms with Gasteiger partial charge in [-0.1, -0.05) is 6.07 Å². The Hall–Kier alpha value is -0.630. The standard InChI is InChI=1S/C12H16FNO3S2/c1-18-12(4-5-12)8-14-19(16,17)11-6-10(13)3-2-9(11)7-15/h2-3,6,14-15H,4-5,7-8H2,1H3.